The number of imidazole rings is 1. The van der Waals surface area contributed by atoms with Crippen molar-refractivity contribution in [2.45, 2.75) is 25.8 Å². The molecule has 2 aromatic carbocycles. The standard InChI is InChI=1S/C24H23N5O2/c1-3-16-12-17(25-2)13-20-22(16)29-23(28-20)21-19(9-10-26-24(21)31)27-18(14-30)11-15-7-5-4-6-8-15/h4-10,12-13,18,30H,3,11,14H2,1H3,(H,28,29)(H2,26,27,31). The number of pyridine rings is 1. The molecule has 0 saturated heterocycles. The van der Waals surface area contributed by atoms with Gasteiger partial charge < -0.3 is 20.4 Å². The Morgan fingerprint density at radius 3 is 2.74 bits per heavy atom. The Labute approximate surface area is 179 Å². The predicted octanol–water partition coefficient (Wildman–Crippen LogP) is 4.05. The fraction of sp³-hybridized carbons (Fsp3) is 0.208. The van der Waals surface area contributed by atoms with E-state index in [0.717, 1.165) is 28.6 Å². The fourth-order valence-corrected chi connectivity index (χ4v) is 3.74. The van der Waals surface area contributed by atoms with Gasteiger partial charge in [-0.05, 0) is 36.1 Å². The van der Waals surface area contributed by atoms with E-state index < -0.39 is 0 Å². The third-order valence-electron chi connectivity index (χ3n) is 5.26. The minimum absolute atomic E-state index is 0.0877. The second kappa shape index (κ2) is 8.86. The molecule has 4 aromatic rings. The first-order chi connectivity index (χ1) is 15.1. The molecule has 0 aliphatic rings. The van der Waals surface area contributed by atoms with E-state index in [-0.39, 0.29) is 18.2 Å². The number of hydrogen-bond acceptors (Lipinski definition) is 4. The molecule has 0 spiro atoms. The van der Waals surface area contributed by atoms with Crippen LogP contribution in [0, 0.1) is 6.57 Å². The highest BCUT2D eigenvalue weighted by atomic mass is 16.3. The number of aliphatic hydroxyl groups is 1. The maximum Gasteiger partial charge on any atom is 0.261 e. The molecule has 156 valence electrons. The highest BCUT2D eigenvalue weighted by Gasteiger charge is 2.18. The van der Waals surface area contributed by atoms with Crippen LogP contribution >= 0.6 is 0 Å². The molecule has 4 rings (SSSR count). The van der Waals surface area contributed by atoms with Crippen LogP contribution in [-0.2, 0) is 12.8 Å². The molecular formula is C24H23N5O2. The molecule has 4 N–H and O–H groups in total. The Hall–Kier alpha value is -3.89. The summed E-state index contributed by atoms with van der Waals surface area (Å²) in [6, 6.07) is 14.9. The zero-order chi connectivity index (χ0) is 21.8. The second-order valence-corrected chi connectivity index (χ2v) is 7.36. The average Bonchev–Trinajstić information content (AvgIpc) is 3.22. The summed E-state index contributed by atoms with van der Waals surface area (Å²) < 4.78 is 0. The SMILES string of the molecule is [C-]#[N+]c1cc(CC)c2nc(-c3c(NC(CO)Cc4ccccc4)cc[nH]c3=O)[nH]c2c1. The Kier molecular flexibility index (Phi) is 5.83. The van der Waals surface area contributed by atoms with Crippen LogP contribution < -0.4 is 10.9 Å². The first kappa shape index (κ1) is 20.4. The molecule has 0 aliphatic heterocycles. The summed E-state index contributed by atoms with van der Waals surface area (Å²) >= 11 is 0. The van der Waals surface area contributed by atoms with Crippen LogP contribution in [-0.4, -0.2) is 32.7 Å². The van der Waals surface area contributed by atoms with E-state index in [2.05, 4.69) is 25.1 Å². The molecule has 1 atom stereocenters. The largest absolute Gasteiger partial charge is 0.394 e. The number of nitrogens with one attached hydrogen (secondary N) is 3. The Morgan fingerprint density at radius 1 is 1.23 bits per heavy atom. The lowest BCUT2D eigenvalue weighted by Crippen LogP contribution is -2.28. The number of anilines is 1. The van der Waals surface area contributed by atoms with Gasteiger partial charge in [-0.1, -0.05) is 43.3 Å². The first-order valence-electron chi connectivity index (χ1n) is 10.2. The predicted molar refractivity (Wildman–Crippen MR) is 122 cm³/mol. The number of H-pyrrole nitrogens is 2. The van der Waals surface area contributed by atoms with Gasteiger partial charge in [-0.15, -0.1) is 0 Å². The summed E-state index contributed by atoms with van der Waals surface area (Å²) in [5.74, 6) is 0.424. The van der Waals surface area contributed by atoms with Crippen LogP contribution in [0.1, 0.15) is 18.1 Å². The highest BCUT2D eigenvalue weighted by molar-refractivity contribution is 5.87. The topological polar surface area (TPSA) is 98.2 Å². The quantitative estimate of drug-likeness (QED) is 0.344. The molecule has 0 bridgehead atoms. The third-order valence-corrected chi connectivity index (χ3v) is 5.26. The number of rotatable bonds is 7. The van der Waals surface area contributed by atoms with Crippen molar-refractivity contribution in [2.24, 2.45) is 0 Å². The minimum Gasteiger partial charge on any atom is -0.394 e. The lowest BCUT2D eigenvalue weighted by molar-refractivity contribution is 0.274. The van der Waals surface area contributed by atoms with Crippen LogP contribution in [0.2, 0.25) is 0 Å². The number of aryl methyl sites for hydroxylation is 1. The van der Waals surface area contributed by atoms with Gasteiger partial charge >= 0.3 is 0 Å². The molecule has 2 aromatic heterocycles. The monoisotopic (exact) mass is 413 g/mol. The number of hydrogen-bond donors (Lipinski definition) is 4. The molecular weight excluding hydrogens is 390 g/mol. The Balaban J connectivity index is 1.75. The third kappa shape index (κ3) is 4.20. The van der Waals surface area contributed by atoms with Gasteiger partial charge in [0.1, 0.15) is 11.4 Å². The van der Waals surface area contributed by atoms with Gasteiger partial charge in [0.05, 0.1) is 35.9 Å². The normalized spacial score (nSPS) is 11.9. The molecule has 31 heavy (non-hydrogen) atoms. The number of aromatic amines is 2. The molecule has 2 heterocycles. The number of nitrogens with zero attached hydrogens (tertiary/aromatic N) is 2. The lowest BCUT2D eigenvalue weighted by Gasteiger charge is -2.19. The van der Waals surface area contributed by atoms with Gasteiger partial charge in [0, 0.05) is 6.20 Å². The maximum absolute atomic E-state index is 12.8. The summed E-state index contributed by atoms with van der Waals surface area (Å²) in [5.41, 5.74) is 4.71. The van der Waals surface area contributed by atoms with Crippen molar-refractivity contribution in [2.75, 3.05) is 11.9 Å². The van der Waals surface area contributed by atoms with Gasteiger partial charge in [-0.2, -0.15) is 0 Å². The van der Waals surface area contributed by atoms with Crippen molar-refractivity contribution in [1.29, 1.82) is 0 Å². The van der Waals surface area contributed by atoms with E-state index in [1.807, 2.05) is 43.3 Å². The van der Waals surface area contributed by atoms with Crippen molar-refractivity contribution >= 4 is 22.4 Å². The van der Waals surface area contributed by atoms with Crippen LogP contribution in [0.25, 0.3) is 27.3 Å². The number of aliphatic hydroxyl groups excluding tert-OH is 1. The second-order valence-electron chi connectivity index (χ2n) is 7.36. The van der Waals surface area contributed by atoms with E-state index in [4.69, 9.17) is 6.57 Å². The number of aromatic nitrogens is 3. The number of benzene rings is 2. The summed E-state index contributed by atoms with van der Waals surface area (Å²) in [6.45, 7) is 9.24. The lowest BCUT2D eigenvalue weighted by atomic mass is 10.1. The van der Waals surface area contributed by atoms with Crippen molar-refractivity contribution in [3.63, 3.8) is 0 Å². The van der Waals surface area contributed by atoms with Crippen LogP contribution in [0.15, 0.2) is 59.5 Å². The first-order valence-corrected chi connectivity index (χ1v) is 10.2. The van der Waals surface area contributed by atoms with Crippen LogP contribution in [0.5, 0.6) is 0 Å². The van der Waals surface area contributed by atoms with Crippen LogP contribution in [0.4, 0.5) is 11.4 Å². The van der Waals surface area contributed by atoms with Crippen molar-refractivity contribution in [3.05, 3.63) is 87.6 Å². The Morgan fingerprint density at radius 2 is 2.03 bits per heavy atom. The van der Waals surface area contributed by atoms with E-state index in [9.17, 15) is 9.90 Å². The van der Waals surface area contributed by atoms with E-state index >= 15 is 0 Å². The summed E-state index contributed by atoms with van der Waals surface area (Å²) in [7, 11) is 0. The van der Waals surface area contributed by atoms with Gasteiger partial charge in [0.2, 0.25) is 0 Å². The van der Waals surface area contributed by atoms with E-state index in [0.29, 0.717) is 29.2 Å². The zero-order valence-electron chi connectivity index (χ0n) is 17.1. The molecule has 7 heteroatoms. The smallest absolute Gasteiger partial charge is 0.261 e. The summed E-state index contributed by atoms with van der Waals surface area (Å²) in [6.07, 6.45) is 2.91. The van der Waals surface area contributed by atoms with E-state index in [1.165, 1.54) is 0 Å². The molecule has 0 aliphatic carbocycles. The highest BCUT2D eigenvalue weighted by Crippen LogP contribution is 2.29. The molecule has 0 radical (unpaired) electrons. The van der Waals surface area contributed by atoms with Crippen LogP contribution in [0.3, 0.4) is 0 Å². The van der Waals surface area contributed by atoms with Crippen molar-refractivity contribution in [3.8, 4) is 11.4 Å². The van der Waals surface area contributed by atoms with Gasteiger partial charge in [-0.25, -0.2) is 9.83 Å². The number of fused-ring (bicyclic) bond motifs is 1. The molecule has 0 saturated carbocycles. The average molecular weight is 413 g/mol. The molecule has 1 unspecified atom stereocenters. The Bertz CT molecular complexity index is 1300. The van der Waals surface area contributed by atoms with Gasteiger partial charge in [-0.3, -0.25) is 4.79 Å². The fourth-order valence-electron chi connectivity index (χ4n) is 3.74. The van der Waals surface area contributed by atoms with Gasteiger partial charge in [0.15, 0.2) is 5.69 Å². The molecule has 0 fully saturated rings. The maximum atomic E-state index is 12.8. The van der Waals surface area contributed by atoms with Crippen molar-refractivity contribution < 1.29 is 5.11 Å². The molecule has 7 nitrogen and oxygen atoms in total. The zero-order valence-corrected chi connectivity index (χ0v) is 17.1. The molecule has 0 amide bonds. The summed E-state index contributed by atoms with van der Waals surface area (Å²) in [4.78, 5) is 26.9. The van der Waals surface area contributed by atoms with Crippen molar-refractivity contribution in [1.82, 2.24) is 15.0 Å². The minimum atomic E-state index is -0.288. The summed E-state index contributed by atoms with van der Waals surface area (Å²) in [5, 5.41) is 13.2. The van der Waals surface area contributed by atoms with Gasteiger partial charge in [0.25, 0.3) is 5.56 Å². The van der Waals surface area contributed by atoms with E-state index in [1.54, 1.807) is 18.3 Å².